The number of fused-ring (bicyclic) bond motifs is 1. The van der Waals surface area contributed by atoms with Crippen LogP contribution in [0.3, 0.4) is 0 Å². The molecule has 1 saturated heterocycles. The van der Waals surface area contributed by atoms with Gasteiger partial charge in [-0.2, -0.15) is 15.8 Å². The van der Waals surface area contributed by atoms with Gasteiger partial charge >= 0.3 is 11.6 Å². The monoisotopic (exact) mass is 431 g/mol. The van der Waals surface area contributed by atoms with Crippen molar-refractivity contribution in [3.8, 4) is 18.2 Å². The number of nitriles is 3. The molecule has 1 aromatic carbocycles. The molecule has 0 saturated carbocycles. The first kappa shape index (κ1) is 21.8. The lowest BCUT2D eigenvalue weighted by molar-refractivity contribution is -0.197. The number of amides is 2. The molecule has 0 bridgehead atoms. The van der Waals surface area contributed by atoms with E-state index in [-0.39, 0.29) is 35.4 Å². The van der Waals surface area contributed by atoms with E-state index in [9.17, 15) is 19.2 Å². The molecule has 0 radical (unpaired) electrons. The van der Waals surface area contributed by atoms with Crippen molar-refractivity contribution in [3.05, 3.63) is 51.0 Å². The van der Waals surface area contributed by atoms with Crippen molar-refractivity contribution in [1.29, 1.82) is 15.8 Å². The maximum Gasteiger partial charge on any atom is 0.340 e. The summed E-state index contributed by atoms with van der Waals surface area (Å²) >= 11 is 0. The molecule has 2 aromatic rings. The van der Waals surface area contributed by atoms with E-state index >= 15 is 0 Å². The second-order valence-electron chi connectivity index (χ2n) is 6.64. The number of rotatable bonds is 5. The molecular formula is C21H13N5O6. The van der Waals surface area contributed by atoms with Crippen LogP contribution < -0.4 is 10.9 Å². The molecule has 1 aromatic heterocycles. The van der Waals surface area contributed by atoms with Crippen LogP contribution in [0.1, 0.15) is 24.0 Å². The molecule has 2 heterocycles. The Morgan fingerprint density at radius 3 is 2.38 bits per heavy atom. The summed E-state index contributed by atoms with van der Waals surface area (Å²) in [6.45, 7) is 1.59. The summed E-state index contributed by atoms with van der Waals surface area (Å²) in [6, 6.07) is 9.42. The number of benzene rings is 1. The minimum Gasteiger partial charge on any atom is -0.422 e. The average molecular weight is 431 g/mol. The molecule has 2 amide bonds. The van der Waals surface area contributed by atoms with Crippen molar-refractivity contribution in [1.82, 2.24) is 5.06 Å². The van der Waals surface area contributed by atoms with Crippen molar-refractivity contribution in [3.63, 3.8) is 0 Å². The quantitative estimate of drug-likeness (QED) is 0.414. The molecule has 0 atom stereocenters. The summed E-state index contributed by atoms with van der Waals surface area (Å²) in [7, 11) is 0. The fourth-order valence-electron chi connectivity index (χ4n) is 3.04. The smallest absolute Gasteiger partial charge is 0.340 e. The summed E-state index contributed by atoms with van der Waals surface area (Å²) < 4.78 is 5.28. The van der Waals surface area contributed by atoms with E-state index in [1.165, 1.54) is 12.1 Å². The van der Waals surface area contributed by atoms with Gasteiger partial charge in [0.05, 0.1) is 12.0 Å². The summed E-state index contributed by atoms with van der Waals surface area (Å²) in [5.41, 5.74) is -0.660. The van der Waals surface area contributed by atoms with Crippen LogP contribution in [0, 0.1) is 40.9 Å². The molecule has 1 N–H and O–H groups in total. The maximum absolute atomic E-state index is 12.5. The molecule has 0 spiro atoms. The summed E-state index contributed by atoms with van der Waals surface area (Å²) in [6.07, 6.45) is -0.616. The largest absolute Gasteiger partial charge is 0.422 e. The Labute approximate surface area is 180 Å². The Balaban J connectivity index is 1.89. The van der Waals surface area contributed by atoms with Gasteiger partial charge in [-0.1, -0.05) is 0 Å². The Morgan fingerprint density at radius 2 is 1.78 bits per heavy atom. The number of imide groups is 1. The van der Waals surface area contributed by atoms with Crippen LogP contribution in [-0.4, -0.2) is 22.8 Å². The second kappa shape index (κ2) is 8.82. The van der Waals surface area contributed by atoms with Gasteiger partial charge in [-0.25, -0.2) is 9.59 Å². The number of hydrogen-bond donors (Lipinski definition) is 1. The Kier molecular flexibility index (Phi) is 6.00. The van der Waals surface area contributed by atoms with Crippen molar-refractivity contribution in [2.24, 2.45) is 0 Å². The SMILES string of the molecule is Cc1c(CC(=O)ON2C(=O)CCC2=O)c(=O)oc2cc(NC(C#N)=C(C#N)C#N)ccc12. The van der Waals surface area contributed by atoms with Gasteiger partial charge in [0.25, 0.3) is 11.8 Å². The van der Waals surface area contributed by atoms with Crippen LogP contribution in [0.4, 0.5) is 5.69 Å². The van der Waals surface area contributed by atoms with Gasteiger partial charge in [-0.3, -0.25) is 9.59 Å². The van der Waals surface area contributed by atoms with E-state index in [0.29, 0.717) is 16.0 Å². The molecule has 158 valence electrons. The van der Waals surface area contributed by atoms with Gasteiger partial charge < -0.3 is 14.6 Å². The standard InChI is InChI=1S/C21H13N5O6/c1-11-14-3-2-13(25-16(10-24)12(8-22)9-23)6-17(14)31-21(30)15(11)7-20(29)32-26-18(27)4-5-19(26)28/h2-3,6,25H,4-5,7H2,1H3. The number of hydrogen-bond acceptors (Lipinski definition) is 10. The number of carbonyl (C=O) groups is 3. The highest BCUT2D eigenvalue weighted by Crippen LogP contribution is 2.24. The van der Waals surface area contributed by atoms with Crippen LogP contribution >= 0.6 is 0 Å². The van der Waals surface area contributed by atoms with Gasteiger partial charge in [-0.05, 0) is 24.6 Å². The van der Waals surface area contributed by atoms with Gasteiger partial charge in [0.2, 0.25) is 0 Å². The van der Waals surface area contributed by atoms with Crippen molar-refractivity contribution >= 4 is 34.4 Å². The zero-order valence-electron chi connectivity index (χ0n) is 16.6. The third kappa shape index (κ3) is 4.16. The van der Waals surface area contributed by atoms with Gasteiger partial charge in [0, 0.05) is 30.0 Å². The van der Waals surface area contributed by atoms with Gasteiger partial charge in [0.1, 0.15) is 29.5 Å². The number of anilines is 1. The van der Waals surface area contributed by atoms with Gasteiger partial charge in [-0.15, -0.1) is 5.06 Å². The Bertz CT molecular complexity index is 1350. The van der Waals surface area contributed by atoms with E-state index in [2.05, 4.69) is 5.32 Å². The normalized spacial score (nSPS) is 12.6. The van der Waals surface area contributed by atoms with E-state index < -0.39 is 35.4 Å². The number of nitrogens with zero attached hydrogens (tertiary/aromatic N) is 4. The molecule has 1 aliphatic rings. The van der Waals surface area contributed by atoms with Crippen LogP contribution in [0.15, 0.2) is 38.7 Å². The Morgan fingerprint density at radius 1 is 1.12 bits per heavy atom. The average Bonchev–Trinajstić information content (AvgIpc) is 3.08. The highest BCUT2D eigenvalue weighted by Gasteiger charge is 2.33. The van der Waals surface area contributed by atoms with Crippen LogP contribution in [-0.2, 0) is 25.6 Å². The van der Waals surface area contributed by atoms with E-state index in [0.717, 1.165) is 0 Å². The molecule has 32 heavy (non-hydrogen) atoms. The highest BCUT2D eigenvalue weighted by molar-refractivity contribution is 6.01. The Hall–Kier alpha value is -4.95. The van der Waals surface area contributed by atoms with Crippen LogP contribution in [0.5, 0.6) is 0 Å². The van der Waals surface area contributed by atoms with Crippen LogP contribution in [0.2, 0.25) is 0 Å². The topological polar surface area (TPSA) is 177 Å². The van der Waals surface area contributed by atoms with E-state index in [4.69, 9.17) is 25.0 Å². The fraction of sp³-hybridized carbons (Fsp3) is 0.190. The first-order valence-electron chi connectivity index (χ1n) is 9.13. The number of aryl methyl sites for hydroxylation is 1. The first-order chi connectivity index (χ1) is 15.3. The minimum atomic E-state index is -0.967. The second-order valence-corrected chi connectivity index (χ2v) is 6.64. The number of allylic oxidation sites excluding steroid dienone is 2. The molecular weight excluding hydrogens is 418 g/mol. The first-order valence-corrected chi connectivity index (χ1v) is 9.13. The van der Waals surface area contributed by atoms with Gasteiger partial charge in [0.15, 0.2) is 5.57 Å². The molecule has 0 aliphatic carbocycles. The van der Waals surface area contributed by atoms with E-state index in [1.807, 2.05) is 0 Å². The van der Waals surface area contributed by atoms with E-state index in [1.54, 1.807) is 31.2 Å². The lowest BCUT2D eigenvalue weighted by atomic mass is 10.0. The minimum absolute atomic E-state index is 0.00355. The molecule has 11 heteroatoms. The lowest BCUT2D eigenvalue weighted by Crippen LogP contribution is -2.33. The van der Waals surface area contributed by atoms with Crippen molar-refractivity contribution < 1.29 is 23.6 Å². The summed E-state index contributed by atoms with van der Waals surface area (Å²) in [5.74, 6) is -2.23. The molecule has 1 fully saturated rings. The maximum atomic E-state index is 12.5. The third-order valence-corrected chi connectivity index (χ3v) is 4.66. The molecule has 1 aliphatic heterocycles. The zero-order valence-corrected chi connectivity index (χ0v) is 16.6. The molecule has 0 unspecified atom stereocenters. The van der Waals surface area contributed by atoms with Crippen molar-refractivity contribution in [2.45, 2.75) is 26.2 Å². The van der Waals surface area contributed by atoms with Crippen LogP contribution in [0.25, 0.3) is 11.0 Å². The number of carbonyl (C=O) groups excluding carboxylic acids is 3. The summed E-state index contributed by atoms with van der Waals surface area (Å²) in [5, 5.41) is 30.5. The summed E-state index contributed by atoms with van der Waals surface area (Å²) in [4.78, 5) is 52.6. The molecule has 11 nitrogen and oxygen atoms in total. The lowest BCUT2D eigenvalue weighted by Gasteiger charge is -2.13. The number of hydroxylamine groups is 2. The predicted molar refractivity (Wildman–Crippen MR) is 106 cm³/mol. The fourth-order valence-corrected chi connectivity index (χ4v) is 3.04. The number of nitrogens with one attached hydrogen (secondary N) is 1. The molecule has 3 rings (SSSR count). The predicted octanol–water partition coefficient (Wildman–Crippen LogP) is 1.49. The van der Waals surface area contributed by atoms with Crippen molar-refractivity contribution in [2.75, 3.05) is 5.32 Å². The highest BCUT2D eigenvalue weighted by atomic mass is 16.7. The third-order valence-electron chi connectivity index (χ3n) is 4.66. The zero-order chi connectivity index (χ0) is 23.4.